The number of benzene rings is 1. The van der Waals surface area contributed by atoms with Gasteiger partial charge in [-0.2, -0.15) is 0 Å². The molecule has 0 aliphatic heterocycles. The molecule has 2 aromatic rings. The molecule has 3 rings (SSSR count). The van der Waals surface area contributed by atoms with Crippen molar-refractivity contribution in [3.05, 3.63) is 29.6 Å². The molecule has 0 saturated heterocycles. The zero-order valence-electron chi connectivity index (χ0n) is 13.0. The Morgan fingerprint density at radius 2 is 2.15 bits per heavy atom. The van der Waals surface area contributed by atoms with Crippen LogP contribution in [-0.4, -0.2) is 15.6 Å². The van der Waals surface area contributed by atoms with Gasteiger partial charge in [0.15, 0.2) is 0 Å². The Hall–Kier alpha value is -1.35. The summed E-state index contributed by atoms with van der Waals surface area (Å²) in [5.74, 6) is 1.18. The second-order valence-corrected chi connectivity index (χ2v) is 6.81. The van der Waals surface area contributed by atoms with E-state index in [2.05, 4.69) is 50.5 Å². The van der Waals surface area contributed by atoms with E-state index in [4.69, 9.17) is 10.7 Å². The SMILES string of the molecule is Cc1ccc2c(c1)nc(C1(C)CCCC1N)n2C(C)C. The molecule has 3 heteroatoms. The lowest BCUT2D eigenvalue weighted by Crippen LogP contribution is -2.40. The van der Waals surface area contributed by atoms with Gasteiger partial charge in [-0.25, -0.2) is 4.98 Å². The van der Waals surface area contributed by atoms with Crippen LogP contribution in [0, 0.1) is 6.92 Å². The normalized spacial score (nSPS) is 26.8. The molecule has 1 heterocycles. The Kier molecular flexibility index (Phi) is 3.13. The molecule has 0 spiro atoms. The Morgan fingerprint density at radius 1 is 1.40 bits per heavy atom. The average molecular weight is 271 g/mol. The monoisotopic (exact) mass is 271 g/mol. The molecule has 2 atom stereocenters. The van der Waals surface area contributed by atoms with E-state index >= 15 is 0 Å². The summed E-state index contributed by atoms with van der Waals surface area (Å²) < 4.78 is 2.39. The predicted octanol–water partition coefficient (Wildman–Crippen LogP) is 3.69. The van der Waals surface area contributed by atoms with Gasteiger partial charge in [0.2, 0.25) is 0 Å². The highest BCUT2D eigenvalue weighted by molar-refractivity contribution is 5.77. The van der Waals surface area contributed by atoms with E-state index in [0.717, 1.165) is 18.4 Å². The minimum Gasteiger partial charge on any atom is -0.327 e. The Morgan fingerprint density at radius 3 is 2.75 bits per heavy atom. The summed E-state index contributed by atoms with van der Waals surface area (Å²) >= 11 is 0. The molecule has 3 nitrogen and oxygen atoms in total. The van der Waals surface area contributed by atoms with Gasteiger partial charge >= 0.3 is 0 Å². The lowest BCUT2D eigenvalue weighted by atomic mass is 9.84. The maximum atomic E-state index is 6.41. The molecule has 108 valence electrons. The molecule has 2 N–H and O–H groups in total. The second-order valence-electron chi connectivity index (χ2n) is 6.81. The van der Waals surface area contributed by atoms with Gasteiger partial charge in [-0.15, -0.1) is 0 Å². The van der Waals surface area contributed by atoms with Crippen LogP contribution in [0.15, 0.2) is 18.2 Å². The van der Waals surface area contributed by atoms with Crippen LogP contribution in [0.4, 0.5) is 0 Å². The first-order valence-electron chi connectivity index (χ1n) is 7.68. The standard InChI is InChI=1S/C17H25N3/c1-11(2)20-14-8-7-12(3)10-13(14)19-16(20)17(4)9-5-6-15(17)18/h7-8,10-11,15H,5-6,9,18H2,1-4H3. The Labute approximate surface area is 121 Å². The number of rotatable bonds is 2. The fraction of sp³-hybridized carbons (Fsp3) is 0.588. The highest BCUT2D eigenvalue weighted by Gasteiger charge is 2.42. The first-order chi connectivity index (χ1) is 9.43. The van der Waals surface area contributed by atoms with Gasteiger partial charge < -0.3 is 10.3 Å². The van der Waals surface area contributed by atoms with Gasteiger partial charge in [0.25, 0.3) is 0 Å². The summed E-state index contributed by atoms with van der Waals surface area (Å²) in [5.41, 5.74) is 10.0. The third-order valence-corrected chi connectivity index (χ3v) is 4.90. The molecular formula is C17H25N3. The molecular weight excluding hydrogens is 246 g/mol. The van der Waals surface area contributed by atoms with Crippen LogP contribution >= 0.6 is 0 Å². The summed E-state index contributed by atoms with van der Waals surface area (Å²) in [6.07, 6.45) is 3.46. The van der Waals surface area contributed by atoms with E-state index in [-0.39, 0.29) is 11.5 Å². The van der Waals surface area contributed by atoms with Crippen molar-refractivity contribution in [3.63, 3.8) is 0 Å². The number of aromatic nitrogens is 2. The summed E-state index contributed by atoms with van der Waals surface area (Å²) in [6, 6.07) is 7.18. The third-order valence-electron chi connectivity index (χ3n) is 4.90. The summed E-state index contributed by atoms with van der Waals surface area (Å²) in [4.78, 5) is 4.98. The summed E-state index contributed by atoms with van der Waals surface area (Å²) in [5, 5.41) is 0. The van der Waals surface area contributed by atoms with Crippen molar-refractivity contribution in [2.45, 2.75) is 64.5 Å². The minimum atomic E-state index is 0.0111. The average Bonchev–Trinajstić information content (AvgIpc) is 2.91. The van der Waals surface area contributed by atoms with Crippen molar-refractivity contribution in [1.82, 2.24) is 9.55 Å². The molecule has 0 bridgehead atoms. The van der Waals surface area contributed by atoms with E-state index in [1.807, 2.05) is 0 Å². The largest absolute Gasteiger partial charge is 0.327 e. The minimum absolute atomic E-state index is 0.0111. The van der Waals surface area contributed by atoms with Crippen LogP contribution in [0.2, 0.25) is 0 Å². The fourth-order valence-electron chi connectivity index (χ4n) is 3.61. The summed E-state index contributed by atoms with van der Waals surface area (Å²) in [6.45, 7) is 8.87. The van der Waals surface area contributed by atoms with Crippen LogP contribution in [0.1, 0.15) is 57.5 Å². The van der Waals surface area contributed by atoms with Crippen LogP contribution in [-0.2, 0) is 5.41 Å². The van der Waals surface area contributed by atoms with Crippen LogP contribution in [0.25, 0.3) is 11.0 Å². The zero-order chi connectivity index (χ0) is 14.5. The van der Waals surface area contributed by atoms with Gasteiger partial charge in [-0.3, -0.25) is 0 Å². The molecule has 1 aromatic carbocycles. The third kappa shape index (κ3) is 1.87. The highest BCUT2D eigenvalue weighted by Crippen LogP contribution is 2.41. The van der Waals surface area contributed by atoms with E-state index < -0.39 is 0 Å². The number of fused-ring (bicyclic) bond motifs is 1. The first kappa shape index (κ1) is 13.6. The number of nitrogens with two attached hydrogens (primary N) is 1. The Balaban J connectivity index is 2.27. The van der Waals surface area contributed by atoms with Gasteiger partial charge in [0.1, 0.15) is 5.82 Å². The quantitative estimate of drug-likeness (QED) is 0.905. The van der Waals surface area contributed by atoms with Crippen LogP contribution < -0.4 is 5.73 Å². The maximum Gasteiger partial charge on any atom is 0.117 e. The van der Waals surface area contributed by atoms with Crippen molar-refractivity contribution >= 4 is 11.0 Å². The molecule has 1 aliphatic carbocycles. The van der Waals surface area contributed by atoms with Crippen molar-refractivity contribution in [1.29, 1.82) is 0 Å². The molecule has 1 saturated carbocycles. The number of nitrogens with zero attached hydrogens (tertiary/aromatic N) is 2. The number of hydrogen-bond donors (Lipinski definition) is 1. The van der Waals surface area contributed by atoms with Crippen LogP contribution in [0.5, 0.6) is 0 Å². The molecule has 0 amide bonds. The van der Waals surface area contributed by atoms with Crippen molar-refractivity contribution in [2.24, 2.45) is 5.73 Å². The van der Waals surface area contributed by atoms with Crippen molar-refractivity contribution in [3.8, 4) is 0 Å². The lowest BCUT2D eigenvalue weighted by molar-refractivity contribution is 0.378. The Bertz CT molecular complexity index is 641. The number of hydrogen-bond acceptors (Lipinski definition) is 2. The molecule has 1 fully saturated rings. The van der Waals surface area contributed by atoms with E-state index in [9.17, 15) is 0 Å². The van der Waals surface area contributed by atoms with E-state index in [0.29, 0.717) is 6.04 Å². The second kappa shape index (κ2) is 4.59. The van der Waals surface area contributed by atoms with Gasteiger partial charge in [-0.05, 0) is 51.3 Å². The molecule has 0 radical (unpaired) electrons. The topological polar surface area (TPSA) is 43.8 Å². The number of aryl methyl sites for hydroxylation is 1. The number of imidazole rings is 1. The van der Waals surface area contributed by atoms with Gasteiger partial charge in [-0.1, -0.05) is 19.4 Å². The predicted molar refractivity (Wildman–Crippen MR) is 84.0 cm³/mol. The van der Waals surface area contributed by atoms with Crippen LogP contribution in [0.3, 0.4) is 0 Å². The maximum absolute atomic E-state index is 6.41. The van der Waals surface area contributed by atoms with Gasteiger partial charge in [0.05, 0.1) is 11.0 Å². The lowest BCUT2D eigenvalue weighted by Gasteiger charge is -2.30. The van der Waals surface area contributed by atoms with Crippen molar-refractivity contribution in [2.75, 3.05) is 0 Å². The highest BCUT2D eigenvalue weighted by atomic mass is 15.1. The summed E-state index contributed by atoms with van der Waals surface area (Å²) in [7, 11) is 0. The fourth-order valence-corrected chi connectivity index (χ4v) is 3.61. The molecule has 20 heavy (non-hydrogen) atoms. The van der Waals surface area contributed by atoms with Crippen molar-refractivity contribution < 1.29 is 0 Å². The smallest absolute Gasteiger partial charge is 0.117 e. The van der Waals surface area contributed by atoms with E-state index in [1.54, 1.807) is 0 Å². The zero-order valence-corrected chi connectivity index (χ0v) is 13.0. The van der Waals surface area contributed by atoms with E-state index in [1.165, 1.54) is 23.3 Å². The molecule has 1 aromatic heterocycles. The molecule has 2 unspecified atom stereocenters. The molecule has 1 aliphatic rings. The first-order valence-corrected chi connectivity index (χ1v) is 7.68. The van der Waals surface area contributed by atoms with Gasteiger partial charge in [0, 0.05) is 17.5 Å².